The van der Waals surface area contributed by atoms with Gasteiger partial charge in [0.1, 0.15) is 5.00 Å². The summed E-state index contributed by atoms with van der Waals surface area (Å²) in [7, 11) is 0. The van der Waals surface area contributed by atoms with Gasteiger partial charge in [-0.1, -0.05) is 6.92 Å². The van der Waals surface area contributed by atoms with E-state index in [2.05, 4.69) is 5.32 Å². The molecule has 5 nitrogen and oxygen atoms in total. The van der Waals surface area contributed by atoms with Crippen LogP contribution in [0.1, 0.15) is 54.9 Å². The van der Waals surface area contributed by atoms with Gasteiger partial charge in [0.2, 0.25) is 5.91 Å². The predicted octanol–water partition coefficient (Wildman–Crippen LogP) is 2.73. The van der Waals surface area contributed by atoms with Crippen molar-refractivity contribution in [1.82, 2.24) is 0 Å². The van der Waals surface area contributed by atoms with Crippen LogP contribution < -0.4 is 11.1 Å². The molecule has 1 aromatic heterocycles. The number of nitrogens with two attached hydrogens (primary N) is 1. The van der Waals surface area contributed by atoms with Crippen LogP contribution in [0.15, 0.2) is 5.38 Å². The lowest BCUT2D eigenvalue weighted by molar-refractivity contribution is -0.116. The Morgan fingerprint density at radius 1 is 1.52 bits per heavy atom. The van der Waals surface area contributed by atoms with Gasteiger partial charge in [0.15, 0.2) is 0 Å². The molecular weight excluding hydrogens is 288 g/mol. The number of ether oxygens (including phenoxy) is 1. The second-order valence-electron chi connectivity index (χ2n) is 5.48. The Bertz CT molecular complexity index is 523. The lowest BCUT2D eigenvalue weighted by Crippen LogP contribution is -2.20. The molecule has 1 saturated carbocycles. The maximum atomic E-state index is 12.2. The van der Waals surface area contributed by atoms with Crippen molar-refractivity contribution in [2.45, 2.75) is 39.0 Å². The summed E-state index contributed by atoms with van der Waals surface area (Å²) in [6.07, 6.45) is 2.55. The maximum absolute atomic E-state index is 12.2. The van der Waals surface area contributed by atoms with Crippen LogP contribution in [0, 0.1) is 5.92 Å². The molecule has 1 fully saturated rings. The number of amides is 1. The standard InChI is InChI=1S/C15H22N2O3S/c1-3-20-15(19)13-11(10-4-5-10)8-21-14(13)17-12(18)6-9(2)7-16/h8-10H,3-7,16H2,1-2H3,(H,17,18). The molecule has 0 radical (unpaired) electrons. The van der Waals surface area contributed by atoms with E-state index in [0.29, 0.717) is 36.1 Å². The molecule has 2 rings (SSSR count). The smallest absolute Gasteiger partial charge is 0.341 e. The van der Waals surface area contributed by atoms with Crippen LogP contribution in [0.2, 0.25) is 0 Å². The number of carbonyl (C=O) groups is 2. The molecule has 1 atom stereocenters. The van der Waals surface area contributed by atoms with Crippen molar-refractivity contribution in [2.75, 3.05) is 18.5 Å². The highest BCUT2D eigenvalue weighted by Gasteiger charge is 2.32. The van der Waals surface area contributed by atoms with Gasteiger partial charge < -0.3 is 15.8 Å². The SMILES string of the molecule is CCOC(=O)c1c(C2CC2)csc1NC(=O)CC(C)CN. The molecule has 1 amide bonds. The van der Waals surface area contributed by atoms with Crippen LogP contribution in [-0.4, -0.2) is 25.0 Å². The van der Waals surface area contributed by atoms with Gasteiger partial charge in [-0.05, 0) is 49.1 Å². The molecule has 1 heterocycles. The third kappa shape index (κ3) is 4.04. The third-order valence-corrected chi connectivity index (χ3v) is 4.42. The summed E-state index contributed by atoms with van der Waals surface area (Å²) in [5, 5.41) is 5.41. The zero-order valence-electron chi connectivity index (χ0n) is 12.5. The molecule has 1 aliphatic rings. The van der Waals surface area contributed by atoms with E-state index in [-0.39, 0.29) is 17.8 Å². The summed E-state index contributed by atoms with van der Waals surface area (Å²) in [4.78, 5) is 24.1. The molecule has 0 bridgehead atoms. The normalized spacial score (nSPS) is 15.6. The number of thiophene rings is 1. The third-order valence-electron chi connectivity index (χ3n) is 3.51. The first-order chi connectivity index (χ1) is 10.1. The zero-order valence-corrected chi connectivity index (χ0v) is 13.3. The minimum atomic E-state index is -0.345. The summed E-state index contributed by atoms with van der Waals surface area (Å²) < 4.78 is 5.13. The van der Waals surface area contributed by atoms with Crippen molar-refractivity contribution in [1.29, 1.82) is 0 Å². The number of hydrogen-bond acceptors (Lipinski definition) is 5. The van der Waals surface area contributed by atoms with Crippen molar-refractivity contribution in [3.8, 4) is 0 Å². The van der Waals surface area contributed by atoms with Crippen LogP contribution in [0.3, 0.4) is 0 Å². The fraction of sp³-hybridized carbons (Fsp3) is 0.600. The zero-order chi connectivity index (χ0) is 15.4. The van der Waals surface area contributed by atoms with Crippen LogP contribution in [-0.2, 0) is 9.53 Å². The largest absolute Gasteiger partial charge is 0.462 e. The summed E-state index contributed by atoms with van der Waals surface area (Å²) in [6.45, 7) is 4.50. The molecule has 0 saturated heterocycles. The molecule has 1 aromatic rings. The van der Waals surface area contributed by atoms with Crippen molar-refractivity contribution in [3.05, 3.63) is 16.5 Å². The Kier molecular flexibility index (Phi) is 5.36. The lowest BCUT2D eigenvalue weighted by Gasteiger charge is -2.10. The Hall–Kier alpha value is -1.40. The number of esters is 1. The first-order valence-corrected chi connectivity index (χ1v) is 8.23. The van der Waals surface area contributed by atoms with Crippen molar-refractivity contribution in [2.24, 2.45) is 11.7 Å². The molecule has 3 N–H and O–H groups in total. The van der Waals surface area contributed by atoms with Crippen molar-refractivity contribution in [3.63, 3.8) is 0 Å². The average Bonchev–Trinajstić information content (AvgIpc) is 3.20. The van der Waals surface area contributed by atoms with E-state index in [9.17, 15) is 9.59 Å². The van der Waals surface area contributed by atoms with Gasteiger partial charge in [0.25, 0.3) is 0 Å². The van der Waals surface area contributed by atoms with Gasteiger partial charge in [-0.25, -0.2) is 4.79 Å². The molecule has 0 aromatic carbocycles. The van der Waals surface area contributed by atoms with Crippen LogP contribution in [0.5, 0.6) is 0 Å². The molecule has 6 heteroatoms. The fourth-order valence-electron chi connectivity index (χ4n) is 2.15. The molecule has 1 aliphatic carbocycles. The van der Waals surface area contributed by atoms with E-state index in [1.165, 1.54) is 11.3 Å². The quantitative estimate of drug-likeness (QED) is 0.759. The molecule has 0 aliphatic heterocycles. The van der Waals surface area contributed by atoms with Crippen molar-refractivity contribution < 1.29 is 14.3 Å². The second kappa shape index (κ2) is 7.04. The molecular formula is C15H22N2O3S. The Morgan fingerprint density at radius 2 is 2.24 bits per heavy atom. The number of rotatable bonds is 7. The highest BCUT2D eigenvalue weighted by atomic mass is 32.1. The highest BCUT2D eigenvalue weighted by Crippen LogP contribution is 2.46. The molecule has 1 unspecified atom stereocenters. The number of nitrogens with one attached hydrogen (secondary N) is 1. The summed E-state index contributed by atoms with van der Waals surface area (Å²) in [6, 6.07) is 0. The molecule has 116 valence electrons. The van der Waals surface area contributed by atoms with Gasteiger partial charge in [-0.2, -0.15) is 0 Å². The molecule has 21 heavy (non-hydrogen) atoms. The first-order valence-electron chi connectivity index (χ1n) is 7.35. The van der Waals surface area contributed by atoms with Gasteiger partial charge in [0.05, 0.1) is 12.2 Å². The number of carbonyl (C=O) groups excluding carboxylic acids is 2. The number of hydrogen-bond donors (Lipinski definition) is 2. The van der Waals surface area contributed by atoms with Crippen LogP contribution in [0.25, 0.3) is 0 Å². The van der Waals surface area contributed by atoms with Crippen molar-refractivity contribution >= 4 is 28.2 Å². The Labute approximate surface area is 128 Å². The first kappa shape index (κ1) is 16.0. The highest BCUT2D eigenvalue weighted by molar-refractivity contribution is 7.15. The van der Waals surface area contributed by atoms with Crippen LogP contribution >= 0.6 is 11.3 Å². The lowest BCUT2D eigenvalue weighted by atomic mass is 10.1. The van der Waals surface area contributed by atoms with E-state index in [1.807, 2.05) is 12.3 Å². The summed E-state index contributed by atoms with van der Waals surface area (Å²) in [5.74, 6) is 0.110. The van der Waals surface area contributed by atoms with Gasteiger partial charge in [0, 0.05) is 6.42 Å². The van der Waals surface area contributed by atoms with Gasteiger partial charge >= 0.3 is 5.97 Å². The predicted molar refractivity (Wildman–Crippen MR) is 83.7 cm³/mol. The summed E-state index contributed by atoms with van der Waals surface area (Å²) in [5.41, 5.74) is 7.09. The van der Waals surface area contributed by atoms with E-state index in [0.717, 1.165) is 18.4 Å². The van der Waals surface area contributed by atoms with E-state index < -0.39 is 0 Å². The maximum Gasteiger partial charge on any atom is 0.341 e. The van der Waals surface area contributed by atoms with Gasteiger partial charge in [-0.15, -0.1) is 11.3 Å². The monoisotopic (exact) mass is 310 g/mol. The second-order valence-corrected chi connectivity index (χ2v) is 6.36. The van der Waals surface area contributed by atoms with Gasteiger partial charge in [-0.3, -0.25) is 4.79 Å². The number of anilines is 1. The fourth-order valence-corrected chi connectivity index (χ4v) is 3.20. The Morgan fingerprint density at radius 3 is 2.81 bits per heavy atom. The van der Waals surface area contributed by atoms with E-state index in [4.69, 9.17) is 10.5 Å². The van der Waals surface area contributed by atoms with Crippen LogP contribution in [0.4, 0.5) is 5.00 Å². The summed E-state index contributed by atoms with van der Waals surface area (Å²) >= 11 is 1.40. The minimum absolute atomic E-state index is 0.109. The topological polar surface area (TPSA) is 81.4 Å². The molecule has 0 spiro atoms. The Balaban J connectivity index is 2.15. The minimum Gasteiger partial charge on any atom is -0.462 e. The average molecular weight is 310 g/mol. The van der Waals surface area contributed by atoms with E-state index in [1.54, 1.807) is 6.92 Å². The van der Waals surface area contributed by atoms with E-state index >= 15 is 0 Å².